The molecular formula is C19H20F3NO4S. The molecule has 0 spiro atoms. The summed E-state index contributed by atoms with van der Waals surface area (Å²) in [5.74, 6) is -0.843. The van der Waals surface area contributed by atoms with Gasteiger partial charge in [-0.3, -0.25) is 4.79 Å². The predicted octanol–water partition coefficient (Wildman–Crippen LogP) is 3.63. The number of benzene rings is 2. The lowest BCUT2D eigenvalue weighted by Gasteiger charge is -2.10. The topological polar surface area (TPSA) is 83.5 Å². The van der Waals surface area contributed by atoms with Crippen LogP contribution in [0.1, 0.15) is 29.5 Å². The van der Waals surface area contributed by atoms with Crippen LogP contribution in [-0.4, -0.2) is 26.0 Å². The zero-order valence-corrected chi connectivity index (χ0v) is 15.7. The highest BCUT2D eigenvalue weighted by molar-refractivity contribution is 7.89. The van der Waals surface area contributed by atoms with E-state index in [0.717, 1.165) is 29.3 Å². The Bertz CT molecular complexity index is 910. The molecule has 28 heavy (non-hydrogen) atoms. The molecule has 0 aliphatic rings. The van der Waals surface area contributed by atoms with E-state index in [4.69, 9.17) is 5.11 Å². The van der Waals surface area contributed by atoms with E-state index in [0.29, 0.717) is 25.3 Å². The Hall–Kier alpha value is -2.39. The summed E-state index contributed by atoms with van der Waals surface area (Å²) in [6.45, 7) is 0.0386. The molecule has 0 amide bonds. The van der Waals surface area contributed by atoms with Gasteiger partial charge in [0, 0.05) is 13.0 Å². The largest absolute Gasteiger partial charge is 0.481 e. The molecule has 2 aromatic rings. The van der Waals surface area contributed by atoms with Crippen LogP contribution in [-0.2, 0) is 33.8 Å². The van der Waals surface area contributed by atoms with Crippen molar-refractivity contribution in [1.29, 1.82) is 0 Å². The summed E-state index contributed by atoms with van der Waals surface area (Å²) in [5.41, 5.74) is 0.817. The van der Waals surface area contributed by atoms with Gasteiger partial charge in [-0.1, -0.05) is 30.3 Å². The molecule has 0 aliphatic heterocycles. The molecule has 0 atom stereocenters. The first-order valence-electron chi connectivity index (χ1n) is 8.54. The van der Waals surface area contributed by atoms with Crippen LogP contribution >= 0.6 is 0 Å². The third kappa shape index (κ3) is 6.65. The summed E-state index contributed by atoms with van der Waals surface area (Å²) in [4.78, 5) is 10.1. The number of carboxylic acids is 1. The molecule has 2 rings (SSSR count). The van der Waals surface area contributed by atoms with Gasteiger partial charge >= 0.3 is 12.1 Å². The van der Waals surface area contributed by atoms with Crippen molar-refractivity contribution in [2.75, 3.05) is 6.54 Å². The monoisotopic (exact) mass is 415 g/mol. The van der Waals surface area contributed by atoms with Gasteiger partial charge in [0.1, 0.15) is 0 Å². The number of hydrogen-bond donors (Lipinski definition) is 2. The normalized spacial score (nSPS) is 12.1. The van der Waals surface area contributed by atoms with Gasteiger partial charge in [0.05, 0.1) is 10.5 Å². The van der Waals surface area contributed by atoms with Crippen LogP contribution in [0.15, 0.2) is 53.4 Å². The lowest BCUT2D eigenvalue weighted by atomic mass is 10.0. The van der Waals surface area contributed by atoms with Gasteiger partial charge in [0.25, 0.3) is 0 Å². The first-order chi connectivity index (χ1) is 13.1. The zero-order chi connectivity index (χ0) is 20.8. The van der Waals surface area contributed by atoms with Gasteiger partial charge in [0.2, 0.25) is 10.0 Å². The van der Waals surface area contributed by atoms with Gasteiger partial charge in [-0.05, 0) is 48.6 Å². The van der Waals surface area contributed by atoms with Gasteiger partial charge < -0.3 is 5.11 Å². The Morgan fingerprint density at radius 3 is 2.18 bits per heavy atom. The lowest BCUT2D eigenvalue weighted by molar-refractivity contribution is -0.138. The lowest BCUT2D eigenvalue weighted by Crippen LogP contribution is -2.26. The fourth-order valence-corrected chi connectivity index (χ4v) is 3.65. The van der Waals surface area contributed by atoms with Crippen LogP contribution in [0.25, 0.3) is 0 Å². The summed E-state index contributed by atoms with van der Waals surface area (Å²) < 4.78 is 64.9. The van der Waals surface area contributed by atoms with E-state index in [1.807, 2.05) is 24.3 Å². The Morgan fingerprint density at radius 2 is 1.61 bits per heavy atom. The van der Waals surface area contributed by atoms with Gasteiger partial charge in [-0.15, -0.1) is 0 Å². The Kier molecular flexibility index (Phi) is 7.20. The molecule has 0 radical (unpaired) electrons. The van der Waals surface area contributed by atoms with E-state index in [1.165, 1.54) is 0 Å². The summed E-state index contributed by atoms with van der Waals surface area (Å²) in [5, 5.41) is 8.62. The van der Waals surface area contributed by atoms with Crippen molar-refractivity contribution < 1.29 is 31.5 Å². The van der Waals surface area contributed by atoms with Gasteiger partial charge in [-0.2, -0.15) is 13.2 Å². The molecule has 2 aromatic carbocycles. The molecule has 0 fully saturated rings. The molecule has 0 aliphatic carbocycles. The minimum absolute atomic E-state index is 0.0386. The summed E-state index contributed by atoms with van der Waals surface area (Å²) in [7, 11) is -4.05. The number of halogens is 3. The summed E-state index contributed by atoms with van der Waals surface area (Å²) in [6, 6.07) is 10.9. The first-order valence-corrected chi connectivity index (χ1v) is 10.0. The molecule has 0 saturated heterocycles. The van der Waals surface area contributed by atoms with Crippen LogP contribution in [0.3, 0.4) is 0 Å². The number of hydrogen-bond acceptors (Lipinski definition) is 3. The average molecular weight is 415 g/mol. The van der Waals surface area contributed by atoms with Crippen molar-refractivity contribution >= 4 is 16.0 Å². The summed E-state index contributed by atoms with van der Waals surface area (Å²) >= 11 is 0. The van der Waals surface area contributed by atoms with Crippen LogP contribution in [0, 0.1) is 0 Å². The number of alkyl halides is 3. The average Bonchev–Trinajstić information content (AvgIpc) is 2.62. The molecule has 0 bridgehead atoms. The highest BCUT2D eigenvalue weighted by atomic mass is 32.2. The molecule has 2 N–H and O–H groups in total. The Balaban J connectivity index is 1.91. The fraction of sp³-hybridized carbons (Fsp3) is 0.316. The molecule has 152 valence electrons. The van der Waals surface area contributed by atoms with Crippen LogP contribution < -0.4 is 4.72 Å². The maximum Gasteiger partial charge on any atom is 0.416 e. The quantitative estimate of drug-likeness (QED) is 0.655. The molecule has 0 aromatic heterocycles. The number of carboxylic acid groups (broad SMARTS) is 1. The molecular weight excluding hydrogens is 395 g/mol. The first kappa shape index (κ1) is 21.9. The van der Waals surface area contributed by atoms with Crippen LogP contribution in [0.5, 0.6) is 0 Å². The number of sulfonamides is 1. The maximum absolute atomic E-state index is 12.7. The van der Waals surface area contributed by atoms with E-state index in [2.05, 4.69) is 4.72 Å². The van der Waals surface area contributed by atoms with E-state index < -0.39 is 32.6 Å². The van der Waals surface area contributed by atoms with Crippen molar-refractivity contribution in [3.05, 3.63) is 65.2 Å². The number of aryl methyl sites for hydroxylation is 1. The maximum atomic E-state index is 12.7. The Morgan fingerprint density at radius 1 is 1.00 bits per heavy atom. The zero-order valence-electron chi connectivity index (χ0n) is 14.9. The van der Waals surface area contributed by atoms with E-state index in [-0.39, 0.29) is 13.0 Å². The molecule has 0 heterocycles. The highest BCUT2D eigenvalue weighted by Gasteiger charge is 2.31. The number of rotatable bonds is 9. The highest BCUT2D eigenvalue weighted by Crippen LogP contribution is 2.30. The van der Waals surface area contributed by atoms with E-state index in [9.17, 15) is 26.4 Å². The van der Waals surface area contributed by atoms with Gasteiger partial charge in [0.15, 0.2) is 0 Å². The van der Waals surface area contributed by atoms with Crippen molar-refractivity contribution in [2.24, 2.45) is 0 Å². The smallest absolute Gasteiger partial charge is 0.416 e. The molecule has 5 nitrogen and oxygen atoms in total. The van der Waals surface area contributed by atoms with Crippen LogP contribution in [0.2, 0.25) is 0 Å². The molecule has 9 heteroatoms. The van der Waals surface area contributed by atoms with Crippen molar-refractivity contribution in [3.8, 4) is 0 Å². The van der Waals surface area contributed by atoms with E-state index in [1.54, 1.807) is 0 Å². The van der Waals surface area contributed by atoms with Crippen LogP contribution in [0.4, 0.5) is 13.2 Å². The van der Waals surface area contributed by atoms with Gasteiger partial charge in [-0.25, -0.2) is 13.1 Å². The molecule has 0 unspecified atom stereocenters. The summed E-state index contributed by atoms with van der Waals surface area (Å²) in [6.07, 6.45) is -2.98. The fourth-order valence-electron chi connectivity index (χ4n) is 2.57. The number of nitrogens with one attached hydrogen (secondary N) is 1. The van der Waals surface area contributed by atoms with Crippen molar-refractivity contribution in [2.45, 2.75) is 36.8 Å². The second kappa shape index (κ2) is 9.20. The number of carbonyl (C=O) groups is 1. The second-order valence-electron chi connectivity index (χ2n) is 6.24. The minimum Gasteiger partial charge on any atom is -0.481 e. The number of aliphatic carboxylic acids is 1. The third-order valence-electron chi connectivity index (χ3n) is 4.06. The third-order valence-corrected chi connectivity index (χ3v) is 5.52. The SMILES string of the molecule is O=C(O)CCCc1ccc(CCNS(=O)(=O)c2cccc(C(F)(F)F)c2)cc1. The minimum atomic E-state index is -4.61. The van der Waals surface area contributed by atoms with Crippen molar-refractivity contribution in [3.63, 3.8) is 0 Å². The van der Waals surface area contributed by atoms with E-state index >= 15 is 0 Å². The predicted molar refractivity (Wildman–Crippen MR) is 97.4 cm³/mol. The van der Waals surface area contributed by atoms with Crippen molar-refractivity contribution in [1.82, 2.24) is 4.72 Å². The standard InChI is InChI=1S/C19H20F3NO4S/c20-19(21,22)16-4-2-5-17(13-16)28(26,27)23-12-11-15-9-7-14(8-10-15)3-1-6-18(24)25/h2,4-5,7-10,13,23H,1,3,6,11-12H2,(H,24,25). The molecule has 0 saturated carbocycles. The second-order valence-corrected chi connectivity index (χ2v) is 8.00. The Labute approximate surface area is 161 Å².